The van der Waals surface area contributed by atoms with Gasteiger partial charge < -0.3 is 5.11 Å². The van der Waals surface area contributed by atoms with Crippen molar-refractivity contribution in [1.82, 2.24) is 4.98 Å². The zero-order valence-corrected chi connectivity index (χ0v) is 12.6. The quantitative estimate of drug-likeness (QED) is 0.832. The topological polar surface area (TPSA) is 50.2 Å². The van der Waals surface area contributed by atoms with Crippen molar-refractivity contribution in [3.63, 3.8) is 0 Å². The maximum absolute atomic E-state index is 10.5. The van der Waals surface area contributed by atoms with E-state index in [9.17, 15) is 4.79 Å². The van der Waals surface area contributed by atoms with Gasteiger partial charge >= 0.3 is 5.97 Å². The molecular weight excluding hydrogens is 342 g/mol. The Labute approximate surface area is 119 Å². The lowest BCUT2D eigenvalue weighted by Crippen LogP contribution is -1.99. The van der Waals surface area contributed by atoms with E-state index < -0.39 is 5.97 Å². The van der Waals surface area contributed by atoms with Gasteiger partial charge in [-0.1, -0.05) is 11.8 Å². The van der Waals surface area contributed by atoms with Crippen LogP contribution in [0, 0.1) is 0 Å². The number of thiophene rings is 1. The second-order valence-corrected chi connectivity index (χ2v) is 7.80. The molecule has 0 saturated heterocycles. The number of aliphatic carboxylic acids is 1. The molecule has 0 radical (unpaired) electrons. The van der Waals surface area contributed by atoms with E-state index in [1.807, 2.05) is 6.07 Å². The Morgan fingerprint density at radius 2 is 2.35 bits per heavy atom. The van der Waals surface area contributed by atoms with E-state index in [2.05, 4.69) is 27.0 Å². The van der Waals surface area contributed by atoms with Gasteiger partial charge in [0, 0.05) is 16.0 Å². The Bertz CT molecular complexity index is 523. The van der Waals surface area contributed by atoms with Crippen molar-refractivity contribution in [2.24, 2.45) is 0 Å². The summed E-state index contributed by atoms with van der Waals surface area (Å²) in [5, 5.41) is 10.4. The number of thioether (sulfide) groups is 1. The largest absolute Gasteiger partial charge is 0.481 e. The van der Waals surface area contributed by atoms with Gasteiger partial charge in [0.2, 0.25) is 0 Å². The molecule has 0 aliphatic heterocycles. The molecule has 0 aromatic carbocycles. The van der Waals surface area contributed by atoms with Gasteiger partial charge in [-0.3, -0.25) is 4.79 Å². The molecule has 0 amide bonds. The lowest BCUT2D eigenvalue weighted by molar-refractivity contribution is -0.136. The highest BCUT2D eigenvalue weighted by molar-refractivity contribution is 9.11. The van der Waals surface area contributed by atoms with Crippen LogP contribution >= 0.6 is 50.4 Å². The Morgan fingerprint density at radius 3 is 3.00 bits per heavy atom. The maximum Gasteiger partial charge on any atom is 0.309 e. The summed E-state index contributed by atoms with van der Waals surface area (Å²) in [4.78, 5) is 16.1. The Balaban J connectivity index is 1.91. The summed E-state index contributed by atoms with van der Waals surface area (Å²) in [6, 6.07) is 4.10. The van der Waals surface area contributed by atoms with Crippen molar-refractivity contribution in [3.05, 3.63) is 31.9 Å². The smallest absolute Gasteiger partial charge is 0.309 e. The van der Waals surface area contributed by atoms with Gasteiger partial charge in [0.1, 0.15) is 4.34 Å². The molecule has 7 heteroatoms. The summed E-state index contributed by atoms with van der Waals surface area (Å²) in [5.74, 6) is 0.0325. The van der Waals surface area contributed by atoms with Gasteiger partial charge in [-0.15, -0.1) is 22.7 Å². The first-order valence-corrected chi connectivity index (χ1v) is 8.14. The van der Waals surface area contributed by atoms with Crippen molar-refractivity contribution >= 4 is 56.3 Å². The second-order valence-electron chi connectivity index (χ2n) is 3.17. The molecule has 0 fully saturated rings. The van der Waals surface area contributed by atoms with Crippen LogP contribution in [0.4, 0.5) is 0 Å². The number of hydrogen-bond acceptors (Lipinski definition) is 5. The summed E-state index contributed by atoms with van der Waals surface area (Å²) in [6.45, 7) is 0. The zero-order chi connectivity index (χ0) is 12.3. The van der Waals surface area contributed by atoms with E-state index in [1.165, 1.54) is 16.2 Å². The van der Waals surface area contributed by atoms with Gasteiger partial charge in [-0.2, -0.15) is 0 Å². The number of aromatic nitrogens is 1. The highest BCUT2D eigenvalue weighted by Crippen LogP contribution is 2.30. The normalized spacial score (nSPS) is 10.6. The standard InChI is InChI=1S/C10H8BrNO2S3/c11-8-2-1-7(17-8)5-16-10-12-6(4-15-10)3-9(13)14/h1-2,4H,3,5H2,(H,13,14). The number of nitrogens with zero attached hydrogens (tertiary/aromatic N) is 1. The minimum Gasteiger partial charge on any atom is -0.481 e. The number of halogens is 1. The molecule has 3 nitrogen and oxygen atoms in total. The molecular formula is C10H8BrNO2S3. The number of hydrogen-bond donors (Lipinski definition) is 1. The van der Waals surface area contributed by atoms with Crippen LogP contribution in [0.2, 0.25) is 0 Å². The summed E-state index contributed by atoms with van der Waals surface area (Å²) in [5.41, 5.74) is 0.636. The zero-order valence-electron chi connectivity index (χ0n) is 8.55. The van der Waals surface area contributed by atoms with Crippen LogP contribution in [0.3, 0.4) is 0 Å². The van der Waals surface area contributed by atoms with Crippen LogP contribution in [0.25, 0.3) is 0 Å². The van der Waals surface area contributed by atoms with Crippen molar-refractivity contribution < 1.29 is 9.90 Å². The molecule has 0 aliphatic carbocycles. The van der Waals surface area contributed by atoms with Crippen molar-refractivity contribution in [3.8, 4) is 0 Å². The molecule has 90 valence electrons. The van der Waals surface area contributed by atoms with Gasteiger partial charge in [0.05, 0.1) is 15.9 Å². The average Bonchev–Trinajstić information content (AvgIpc) is 2.84. The van der Waals surface area contributed by atoms with Crippen LogP contribution in [0.5, 0.6) is 0 Å². The van der Waals surface area contributed by atoms with E-state index in [1.54, 1.807) is 28.5 Å². The monoisotopic (exact) mass is 349 g/mol. The number of carboxylic acid groups (broad SMARTS) is 1. The fraction of sp³-hybridized carbons (Fsp3) is 0.200. The van der Waals surface area contributed by atoms with Gasteiger partial charge in [0.25, 0.3) is 0 Å². The number of thiazole rings is 1. The van der Waals surface area contributed by atoms with Crippen LogP contribution in [0.1, 0.15) is 10.6 Å². The van der Waals surface area contributed by atoms with Crippen molar-refractivity contribution in [1.29, 1.82) is 0 Å². The average molecular weight is 350 g/mol. The molecule has 0 aliphatic rings. The van der Waals surface area contributed by atoms with Gasteiger partial charge in [-0.05, 0) is 28.1 Å². The molecule has 0 spiro atoms. The SMILES string of the molecule is O=C(O)Cc1csc(SCc2ccc(Br)s2)n1. The second kappa shape index (κ2) is 5.99. The molecule has 2 aromatic rings. The van der Waals surface area contributed by atoms with Crippen LogP contribution in [-0.4, -0.2) is 16.1 Å². The predicted octanol–water partition coefficient (Wildman–Crippen LogP) is 3.89. The van der Waals surface area contributed by atoms with E-state index in [0.717, 1.165) is 13.9 Å². The molecule has 0 atom stereocenters. The minimum atomic E-state index is -0.839. The highest BCUT2D eigenvalue weighted by atomic mass is 79.9. The third-order valence-electron chi connectivity index (χ3n) is 1.83. The number of rotatable bonds is 5. The summed E-state index contributed by atoms with van der Waals surface area (Å²) < 4.78 is 2.05. The van der Waals surface area contributed by atoms with E-state index in [0.29, 0.717) is 5.69 Å². The molecule has 0 bridgehead atoms. The van der Waals surface area contributed by atoms with E-state index >= 15 is 0 Å². The lowest BCUT2D eigenvalue weighted by Gasteiger charge is -1.93. The van der Waals surface area contributed by atoms with Crippen molar-refractivity contribution in [2.45, 2.75) is 16.5 Å². The highest BCUT2D eigenvalue weighted by Gasteiger charge is 2.07. The predicted molar refractivity (Wildman–Crippen MR) is 75.0 cm³/mol. The number of carbonyl (C=O) groups is 1. The minimum absolute atomic E-state index is 0.00160. The van der Waals surface area contributed by atoms with Crippen LogP contribution in [-0.2, 0) is 17.0 Å². The first-order valence-electron chi connectivity index (χ1n) is 4.66. The Kier molecular flexibility index (Phi) is 4.61. The fourth-order valence-electron chi connectivity index (χ4n) is 1.15. The van der Waals surface area contributed by atoms with Crippen LogP contribution in [0.15, 0.2) is 25.6 Å². The third-order valence-corrected chi connectivity index (χ3v) is 5.75. The first kappa shape index (κ1) is 13.1. The molecule has 17 heavy (non-hydrogen) atoms. The molecule has 2 rings (SSSR count). The van der Waals surface area contributed by atoms with Gasteiger partial charge in [-0.25, -0.2) is 4.98 Å². The van der Waals surface area contributed by atoms with Crippen LogP contribution < -0.4 is 0 Å². The molecule has 0 saturated carbocycles. The Hall–Kier alpha value is -0.370. The molecule has 2 aromatic heterocycles. The molecule has 0 unspecified atom stereocenters. The van der Waals surface area contributed by atoms with Gasteiger partial charge in [0.15, 0.2) is 0 Å². The molecule has 2 heterocycles. The maximum atomic E-state index is 10.5. The summed E-state index contributed by atoms with van der Waals surface area (Å²) in [7, 11) is 0. The Morgan fingerprint density at radius 1 is 1.53 bits per heavy atom. The van der Waals surface area contributed by atoms with E-state index in [4.69, 9.17) is 5.11 Å². The number of carboxylic acids is 1. The third kappa shape index (κ3) is 4.09. The summed E-state index contributed by atoms with van der Waals surface area (Å²) in [6.07, 6.45) is 0.00160. The lowest BCUT2D eigenvalue weighted by atomic mass is 10.3. The van der Waals surface area contributed by atoms with Crippen molar-refractivity contribution in [2.75, 3.05) is 0 Å². The van der Waals surface area contributed by atoms with E-state index in [-0.39, 0.29) is 6.42 Å². The first-order chi connectivity index (χ1) is 8.13. The fourth-order valence-corrected chi connectivity index (χ4v) is 4.52. The molecule has 1 N–H and O–H groups in total. The summed E-state index contributed by atoms with van der Waals surface area (Å²) >= 11 is 8.26.